The van der Waals surface area contributed by atoms with Crippen molar-refractivity contribution < 1.29 is 19.4 Å². The van der Waals surface area contributed by atoms with Crippen LogP contribution in [0.4, 0.5) is 10.5 Å². The topological polar surface area (TPSA) is 95.9 Å². The van der Waals surface area contributed by atoms with E-state index in [-0.39, 0.29) is 23.7 Å². The number of hydrogen-bond acceptors (Lipinski definition) is 6. The van der Waals surface area contributed by atoms with Gasteiger partial charge in [-0.3, -0.25) is 14.9 Å². The van der Waals surface area contributed by atoms with Crippen LogP contribution in [0.1, 0.15) is 45.0 Å². The van der Waals surface area contributed by atoms with Crippen molar-refractivity contribution in [3.8, 4) is 0 Å². The maximum atomic E-state index is 12.6. The third-order valence-electron chi connectivity index (χ3n) is 4.70. The number of nitrogens with zero attached hydrogens (tertiary/aromatic N) is 4. The fourth-order valence-corrected chi connectivity index (χ4v) is 3.66. The molecule has 3 rings (SSSR count). The van der Waals surface area contributed by atoms with Crippen molar-refractivity contribution in [1.82, 2.24) is 14.9 Å². The zero-order valence-electron chi connectivity index (χ0n) is 16.8. The molecule has 0 spiro atoms. The number of benzene rings is 1. The van der Waals surface area contributed by atoms with E-state index < -0.39 is 11.6 Å². The van der Waals surface area contributed by atoms with Gasteiger partial charge >= 0.3 is 12.1 Å². The molecule has 0 unspecified atom stereocenters. The quantitative estimate of drug-likeness (QED) is 0.847. The molecule has 8 heteroatoms. The summed E-state index contributed by atoms with van der Waals surface area (Å²) in [7, 11) is 0. The van der Waals surface area contributed by atoms with Crippen LogP contribution in [0, 0.1) is 0 Å². The molecule has 1 N–H and O–H groups in total. The smallest absolute Gasteiger partial charge is 0.410 e. The maximum Gasteiger partial charge on any atom is 0.410 e. The second-order valence-electron chi connectivity index (χ2n) is 8.18. The van der Waals surface area contributed by atoms with Gasteiger partial charge in [-0.2, -0.15) is 0 Å². The zero-order valence-corrected chi connectivity index (χ0v) is 16.8. The minimum atomic E-state index is -1.03. The van der Waals surface area contributed by atoms with Crippen molar-refractivity contribution in [1.29, 1.82) is 0 Å². The van der Waals surface area contributed by atoms with Crippen LogP contribution in [0.2, 0.25) is 0 Å². The lowest BCUT2D eigenvalue weighted by atomic mass is 10.1. The lowest BCUT2D eigenvalue weighted by Gasteiger charge is -2.45. The molecule has 2 atom stereocenters. The lowest BCUT2D eigenvalue weighted by molar-refractivity contribution is 0.00566. The molecule has 1 saturated heterocycles. The molecule has 150 valence electrons. The van der Waals surface area contributed by atoms with Crippen molar-refractivity contribution in [3.63, 3.8) is 0 Å². The number of piperazine rings is 1. The predicted octanol–water partition coefficient (Wildman–Crippen LogP) is 3.16. The highest BCUT2D eigenvalue weighted by Crippen LogP contribution is 2.30. The van der Waals surface area contributed by atoms with Crippen LogP contribution in [0.25, 0.3) is 11.0 Å². The van der Waals surface area contributed by atoms with Crippen LogP contribution < -0.4 is 4.90 Å². The molecule has 1 aromatic carbocycles. The number of carboxylic acids is 1. The van der Waals surface area contributed by atoms with Crippen LogP contribution in [0.3, 0.4) is 0 Å². The van der Waals surface area contributed by atoms with E-state index in [0.717, 1.165) is 5.69 Å². The number of ether oxygens (including phenoxy) is 1. The molecule has 1 amide bonds. The summed E-state index contributed by atoms with van der Waals surface area (Å²) in [6.07, 6.45) is 2.73. The van der Waals surface area contributed by atoms with Gasteiger partial charge in [-0.1, -0.05) is 0 Å². The van der Waals surface area contributed by atoms with Crippen LogP contribution in [0.5, 0.6) is 0 Å². The molecule has 2 heterocycles. The molecule has 28 heavy (non-hydrogen) atoms. The van der Waals surface area contributed by atoms with Crippen molar-refractivity contribution in [2.45, 2.75) is 52.3 Å². The molecule has 0 bridgehead atoms. The molecule has 1 aliphatic rings. The molecular formula is C20H26N4O4. The summed E-state index contributed by atoms with van der Waals surface area (Å²) in [4.78, 5) is 36.6. The minimum Gasteiger partial charge on any atom is -0.478 e. The van der Waals surface area contributed by atoms with E-state index in [1.165, 1.54) is 6.20 Å². The van der Waals surface area contributed by atoms with Crippen LogP contribution in [-0.4, -0.2) is 62.8 Å². The molecule has 0 saturated carbocycles. The number of rotatable bonds is 2. The van der Waals surface area contributed by atoms with Gasteiger partial charge in [-0.25, -0.2) is 9.59 Å². The number of amides is 1. The molecule has 1 fully saturated rings. The maximum absolute atomic E-state index is 12.6. The van der Waals surface area contributed by atoms with Gasteiger partial charge in [0.1, 0.15) is 16.6 Å². The highest BCUT2D eigenvalue weighted by Gasteiger charge is 2.36. The first-order valence-electron chi connectivity index (χ1n) is 9.31. The molecule has 1 aliphatic heterocycles. The Morgan fingerprint density at radius 1 is 1.07 bits per heavy atom. The number of carbonyl (C=O) groups is 2. The van der Waals surface area contributed by atoms with E-state index in [2.05, 4.69) is 14.9 Å². The zero-order chi connectivity index (χ0) is 20.6. The Bertz CT molecular complexity index is 897. The Kier molecular flexibility index (Phi) is 5.14. The van der Waals surface area contributed by atoms with Gasteiger partial charge in [-0.05, 0) is 46.8 Å². The van der Waals surface area contributed by atoms with Crippen molar-refractivity contribution in [2.75, 3.05) is 18.0 Å². The Morgan fingerprint density at radius 3 is 2.18 bits per heavy atom. The minimum absolute atomic E-state index is 0.0792. The molecule has 0 radical (unpaired) electrons. The van der Waals surface area contributed by atoms with Gasteiger partial charge in [0.05, 0.1) is 23.3 Å². The number of fused-ring (bicyclic) bond motifs is 1. The summed E-state index contributed by atoms with van der Waals surface area (Å²) < 4.78 is 5.55. The predicted molar refractivity (Wildman–Crippen MR) is 106 cm³/mol. The summed E-state index contributed by atoms with van der Waals surface area (Å²) in [6.45, 7) is 10.7. The van der Waals surface area contributed by atoms with E-state index in [0.29, 0.717) is 24.1 Å². The van der Waals surface area contributed by atoms with E-state index in [9.17, 15) is 14.7 Å². The second-order valence-corrected chi connectivity index (χ2v) is 8.18. The number of aromatic nitrogens is 2. The fraction of sp³-hybridized carbons (Fsp3) is 0.500. The third-order valence-corrected chi connectivity index (χ3v) is 4.70. The van der Waals surface area contributed by atoms with E-state index in [1.54, 1.807) is 23.2 Å². The largest absolute Gasteiger partial charge is 0.478 e. The van der Waals surface area contributed by atoms with Gasteiger partial charge in [-0.15, -0.1) is 0 Å². The Hall–Kier alpha value is -2.90. The molecule has 2 aromatic rings. The average Bonchev–Trinajstić information content (AvgIpc) is 2.58. The van der Waals surface area contributed by atoms with E-state index >= 15 is 0 Å². The first kappa shape index (κ1) is 19.9. The SMILES string of the molecule is C[C@@H]1CN(c2ccc(C(=O)O)c3nccnc23)C[C@H](C)N1C(=O)OC(C)(C)C. The monoisotopic (exact) mass is 386 g/mol. The number of carboxylic acid groups (broad SMARTS) is 1. The summed E-state index contributed by atoms with van der Waals surface area (Å²) in [5.41, 5.74) is 1.30. The normalized spacial score (nSPS) is 20.3. The van der Waals surface area contributed by atoms with E-state index in [1.807, 2.05) is 34.6 Å². The third kappa shape index (κ3) is 3.85. The first-order valence-corrected chi connectivity index (χ1v) is 9.31. The number of aromatic carboxylic acids is 1. The summed E-state index contributed by atoms with van der Waals surface area (Å²) in [6, 6.07) is 3.17. The lowest BCUT2D eigenvalue weighted by Crippen LogP contribution is -2.59. The second kappa shape index (κ2) is 7.26. The highest BCUT2D eigenvalue weighted by molar-refractivity contribution is 6.04. The first-order chi connectivity index (χ1) is 13.1. The Labute approximate surface area is 164 Å². The van der Waals surface area contributed by atoms with Crippen molar-refractivity contribution >= 4 is 28.8 Å². The number of hydrogen-bond donors (Lipinski definition) is 1. The van der Waals surface area contributed by atoms with Crippen LogP contribution >= 0.6 is 0 Å². The van der Waals surface area contributed by atoms with Gasteiger partial charge in [0.2, 0.25) is 0 Å². The standard InChI is InChI=1S/C20H26N4O4/c1-12-10-23(11-13(2)24(12)19(27)28-20(3,4)5)15-7-6-14(18(25)26)16-17(15)22-9-8-21-16/h6-9,12-13H,10-11H2,1-5H3,(H,25,26)/t12-,13+. The van der Waals surface area contributed by atoms with Gasteiger partial charge in [0.15, 0.2) is 0 Å². The van der Waals surface area contributed by atoms with Gasteiger partial charge in [0.25, 0.3) is 0 Å². The highest BCUT2D eigenvalue weighted by atomic mass is 16.6. The van der Waals surface area contributed by atoms with Crippen molar-refractivity contribution in [3.05, 3.63) is 30.1 Å². The van der Waals surface area contributed by atoms with Crippen LogP contribution in [-0.2, 0) is 4.74 Å². The molecular weight excluding hydrogens is 360 g/mol. The summed E-state index contributed by atoms with van der Waals surface area (Å²) in [5.74, 6) is -1.03. The van der Waals surface area contributed by atoms with E-state index in [4.69, 9.17) is 4.74 Å². The van der Waals surface area contributed by atoms with Crippen LogP contribution in [0.15, 0.2) is 24.5 Å². The molecule has 0 aliphatic carbocycles. The fourth-order valence-electron chi connectivity index (χ4n) is 3.66. The Balaban J connectivity index is 1.91. The van der Waals surface area contributed by atoms with Crippen molar-refractivity contribution in [2.24, 2.45) is 0 Å². The number of anilines is 1. The number of carbonyl (C=O) groups excluding carboxylic acids is 1. The summed E-state index contributed by atoms with van der Waals surface area (Å²) in [5, 5.41) is 9.42. The molecule has 1 aromatic heterocycles. The van der Waals surface area contributed by atoms with Gasteiger partial charge in [0, 0.05) is 25.5 Å². The summed E-state index contributed by atoms with van der Waals surface area (Å²) >= 11 is 0. The Morgan fingerprint density at radius 2 is 1.64 bits per heavy atom. The van der Waals surface area contributed by atoms with Gasteiger partial charge < -0.3 is 14.7 Å². The average molecular weight is 386 g/mol. The molecule has 8 nitrogen and oxygen atoms in total.